The van der Waals surface area contributed by atoms with Gasteiger partial charge in [0.2, 0.25) is 5.91 Å². The van der Waals surface area contributed by atoms with Gasteiger partial charge in [-0.15, -0.1) is 0 Å². The molecular formula is C17H16Cl2N2O2. The first-order chi connectivity index (χ1) is 11.0. The van der Waals surface area contributed by atoms with Gasteiger partial charge in [0.25, 0.3) is 0 Å². The van der Waals surface area contributed by atoms with E-state index in [2.05, 4.69) is 10.5 Å². The third-order valence-electron chi connectivity index (χ3n) is 2.96. The molecule has 120 valence electrons. The zero-order valence-corrected chi connectivity index (χ0v) is 14.3. The highest BCUT2D eigenvalue weighted by molar-refractivity contribution is 6.37. The molecule has 0 heterocycles. The van der Waals surface area contributed by atoms with Gasteiger partial charge in [0.05, 0.1) is 16.3 Å². The maximum absolute atomic E-state index is 10.8. The number of carbonyl (C=O) groups is 1. The van der Waals surface area contributed by atoms with Crippen molar-refractivity contribution in [3.63, 3.8) is 0 Å². The molecule has 2 aromatic carbocycles. The molecule has 0 aliphatic carbocycles. The molecule has 1 amide bonds. The number of rotatable bonds is 5. The minimum atomic E-state index is -0.253. The van der Waals surface area contributed by atoms with E-state index in [0.717, 1.165) is 5.56 Å². The summed E-state index contributed by atoms with van der Waals surface area (Å²) in [5.74, 6) is 0.169. The van der Waals surface area contributed by atoms with E-state index in [1.165, 1.54) is 18.7 Å². The van der Waals surface area contributed by atoms with E-state index in [0.29, 0.717) is 28.0 Å². The Kier molecular flexibility index (Phi) is 6.02. The van der Waals surface area contributed by atoms with Gasteiger partial charge >= 0.3 is 0 Å². The number of benzene rings is 2. The normalized spacial score (nSPS) is 10.8. The fraction of sp³-hybridized carbons (Fsp3) is 0.176. The van der Waals surface area contributed by atoms with E-state index in [4.69, 9.17) is 27.9 Å². The van der Waals surface area contributed by atoms with E-state index in [1.807, 2.05) is 31.2 Å². The molecule has 0 bridgehead atoms. The molecule has 0 aliphatic rings. The van der Waals surface area contributed by atoms with Crippen molar-refractivity contribution in [3.8, 4) is 5.75 Å². The van der Waals surface area contributed by atoms with Crippen molar-refractivity contribution in [2.45, 2.75) is 20.5 Å². The van der Waals surface area contributed by atoms with Crippen LogP contribution in [0, 0.1) is 6.92 Å². The Morgan fingerprint density at radius 1 is 1.22 bits per heavy atom. The van der Waals surface area contributed by atoms with Crippen LogP contribution in [0.25, 0.3) is 0 Å². The standard InChI is InChI=1S/C17H16Cl2N2O2/c1-11-3-5-13(6-4-11)10-23-17-15(18)7-14(8-16(17)19)9-20-21-12(2)22/h3-9H,10H2,1-2H3,(H,21,22)/b20-9-. The van der Waals surface area contributed by atoms with Crippen LogP contribution in [-0.2, 0) is 11.4 Å². The summed E-state index contributed by atoms with van der Waals surface area (Å²) in [7, 11) is 0. The van der Waals surface area contributed by atoms with Crippen LogP contribution in [0.1, 0.15) is 23.6 Å². The first kappa shape index (κ1) is 17.3. The third-order valence-corrected chi connectivity index (χ3v) is 3.52. The minimum Gasteiger partial charge on any atom is -0.486 e. The lowest BCUT2D eigenvalue weighted by molar-refractivity contribution is -0.118. The molecule has 0 radical (unpaired) electrons. The topological polar surface area (TPSA) is 50.7 Å². The molecule has 23 heavy (non-hydrogen) atoms. The third kappa shape index (κ3) is 5.27. The fourth-order valence-corrected chi connectivity index (χ4v) is 2.44. The lowest BCUT2D eigenvalue weighted by atomic mass is 10.2. The van der Waals surface area contributed by atoms with Crippen LogP contribution in [0.4, 0.5) is 0 Å². The second kappa shape index (κ2) is 7.99. The lowest BCUT2D eigenvalue weighted by Gasteiger charge is -2.11. The zero-order chi connectivity index (χ0) is 16.8. The van der Waals surface area contributed by atoms with Crippen molar-refractivity contribution in [2.24, 2.45) is 5.10 Å². The number of ether oxygens (including phenoxy) is 1. The van der Waals surface area contributed by atoms with Crippen molar-refractivity contribution >= 4 is 35.3 Å². The van der Waals surface area contributed by atoms with Crippen LogP contribution in [0.3, 0.4) is 0 Å². The van der Waals surface area contributed by atoms with Crippen LogP contribution < -0.4 is 10.2 Å². The Hall–Kier alpha value is -2.04. The van der Waals surface area contributed by atoms with Gasteiger partial charge in [0, 0.05) is 6.92 Å². The predicted octanol–water partition coefficient (Wildman–Crippen LogP) is 4.35. The summed E-state index contributed by atoms with van der Waals surface area (Å²) in [4.78, 5) is 10.8. The maximum atomic E-state index is 10.8. The number of hydrogen-bond acceptors (Lipinski definition) is 3. The number of hydrogen-bond donors (Lipinski definition) is 1. The molecular weight excluding hydrogens is 335 g/mol. The highest BCUT2D eigenvalue weighted by atomic mass is 35.5. The molecule has 0 saturated heterocycles. The summed E-state index contributed by atoms with van der Waals surface area (Å²) in [5.41, 5.74) is 5.19. The molecule has 0 unspecified atom stereocenters. The molecule has 2 aromatic rings. The second-order valence-electron chi connectivity index (χ2n) is 5.01. The number of amides is 1. The van der Waals surface area contributed by atoms with Gasteiger partial charge in [-0.25, -0.2) is 5.43 Å². The number of carbonyl (C=O) groups excluding carboxylic acids is 1. The summed E-state index contributed by atoms with van der Waals surface area (Å²) in [6.45, 7) is 3.78. The molecule has 0 saturated carbocycles. The first-order valence-electron chi connectivity index (χ1n) is 6.92. The van der Waals surface area contributed by atoms with Crippen LogP contribution in [0.2, 0.25) is 10.0 Å². The molecule has 4 nitrogen and oxygen atoms in total. The van der Waals surface area contributed by atoms with Gasteiger partial charge < -0.3 is 4.74 Å². The Morgan fingerprint density at radius 2 is 1.83 bits per heavy atom. The minimum absolute atomic E-state index is 0.253. The number of aryl methyl sites for hydroxylation is 1. The van der Waals surface area contributed by atoms with E-state index < -0.39 is 0 Å². The first-order valence-corrected chi connectivity index (χ1v) is 7.68. The van der Waals surface area contributed by atoms with Crippen molar-refractivity contribution in [2.75, 3.05) is 0 Å². The predicted molar refractivity (Wildman–Crippen MR) is 93.4 cm³/mol. The number of halogens is 2. The largest absolute Gasteiger partial charge is 0.486 e. The molecule has 0 aliphatic heterocycles. The van der Waals surface area contributed by atoms with Crippen molar-refractivity contribution < 1.29 is 9.53 Å². The summed E-state index contributed by atoms with van der Waals surface area (Å²) in [5, 5.41) is 4.54. The molecule has 2 rings (SSSR count). The maximum Gasteiger partial charge on any atom is 0.236 e. The molecule has 0 atom stereocenters. The summed E-state index contributed by atoms with van der Waals surface area (Å²) in [6, 6.07) is 11.4. The SMILES string of the molecule is CC(=O)N/N=C\c1cc(Cl)c(OCc2ccc(C)cc2)c(Cl)c1. The van der Waals surface area contributed by atoms with E-state index in [9.17, 15) is 4.79 Å². The van der Waals surface area contributed by atoms with Crippen molar-refractivity contribution in [1.82, 2.24) is 5.43 Å². The quantitative estimate of drug-likeness (QED) is 0.643. The second-order valence-corrected chi connectivity index (χ2v) is 5.83. The average Bonchev–Trinajstić information content (AvgIpc) is 2.48. The highest BCUT2D eigenvalue weighted by Crippen LogP contribution is 2.34. The van der Waals surface area contributed by atoms with Crippen molar-refractivity contribution in [3.05, 3.63) is 63.1 Å². The number of nitrogens with one attached hydrogen (secondary N) is 1. The molecule has 0 spiro atoms. The average molecular weight is 351 g/mol. The van der Waals surface area contributed by atoms with Gasteiger partial charge in [-0.1, -0.05) is 53.0 Å². The van der Waals surface area contributed by atoms with Crippen LogP contribution in [0.15, 0.2) is 41.5 Å². The Morgan fingerprint density at radius 3 is 2.39 bits per heavy atom. The monoisotopic (exact) mass is 350 g/mol. The lowest BCUT2D eigenvalue weighted by Crippen LogP contribution is -2.12. The fourth-order valence-electron chi connectivity index (χ4n) is 1.83. The van der Waals surface area contributed by atoms with Gasteiger partial charge in [0.15, 0.2) is 5.75 Å². The summed E-state index contributed by atoms with van der Waals surface area (Å²) < 4.78 is 5.71. The number of nitrogens with zero attached hydrogens (tertiary/aromatic N) is 1. The molecule has 1 N–H and O–H groups in total. The van der Waals surface area contributed by atoms with Crippen molar-refractivity contribution in [1.29, 1.82) is 0 Å². The Bertz CT molecular complexity index is 705. The van der Waals surface area contributed by atoms with Gasteiger partial charge in [-0.05, 0) is 30.2 Å². The van der Waals surface area contributed by atoms with Gasteiger partial charge in [0.1, 0.15) is 6.61 Å². The Labute approximate surface area is 145 Å². The van der Waals surface area contributed by atoms with E-state index >= 15 is 0 Å². The summed E-state index contributed by atoms with van der Waals surface area (Å²) >= 11 is 12.4. The molecule has 0 aromatic heterocycles. The molecule has 6 heteroatoms. The molecule has 0 fully saturated rings. The van der Waals surface area contributed by atoms with Gasteiger partial charge in [-0.2, -0.15) is 5.10 Å². The van der Waals surface area contributed by atoms with Crippen LogP contribution in [-0.4, -0.2) is 12.1 Å². The van der Waals surface area contributed by atoms with Crippen LogP contribution in [0.5, 0.6) is 5.75 Å². The van der Waals surface area contributed by atoms with E-state index in [1.54, 1.807) is 12.1 Å². The Balaban J connectivity index is 2.09. The van der Waals surface area contributed by atoms with E-state index in [-0.39, 0.29) is 5.91 Å². The summed E-state index contributed by atoms with van der Waals surface area (Å²) in [6.07, 6.45) is 1.46. The van der Waals surface area contributed by atoms with Crippen LogP contribution >= 0.6 is 23.2 Å². The number of hydrazone groups is 1. The van der Waals surface area contributed by atoms with Gasteiger partial charge in [-0.3, -0.25) is 4.79 Å². The highest BCUT2D eigenvalue weighted by Gasteiger charge is 2.09. The zero-order valence-electron chi connectivity index (χ0n) is 12.8. The smallest absolute Gasteiger partial charge is 0.236 e.